The first kappa shape index (κ1) is 15.4. The van der Waals surface area contributed by atoms with Crippen LogP contribution >= 0.6 is 0 Å². The highest BCUT2D eigenvalue weighted by Crippen LogP contribution is 2.29. The molecule has 21 heavy (non-hydrogen) atoms. The maximum absolute atomic E-state index is 14.0. The van der Waals surface area contributed by atoms with Gasteiger partial charge in [0.25, 0.3) is 0 Å². The lowest BCUT2D eigenvalue weighted by Gasteiger charge is -2.15. The molecule has 5 heteroatoms. The summed E-state index contributed by atoms with van der Waals surface area (Å²) < 4.78 is 19.7. The number of aromatic nitrogens is 2. The summed E-state index contributed by atoms with van der Waals surface area (Å²) >= 11 is 0. The zero-order valence-corrected chi connectivity index (χ0v) is 12.6. The third-order valence-electron chi connectivity index (χ3n) is 3.49. The highest BCUT2D eigenvalue weighted by atomic mass is 19.1. The predicted molar refractivity (Wildman–Crippen MR) is 79.9 cm³/mol. The summed E-state index contributed by atoms with van der Waals surface area (Å²) in [5, 5.41) is 8.25. The predicted octanol–water partition coefficient (Wildman–Crippen LogP) is 3.30. The largest absolute Gasteiger partial charge is 0.434 e. The zero-order valence-electron chi connectivity index (χ0n) is 12.6. The van der Waals surface area contributed by atoms with Crippen molar-refractivity contribution in [1.29, 1.82) is 0 Å². The van der Waals surface area contributed by atoms with Gasteiger partial charge in [-0.1, -0.05) is 26.0 Å². The molecule has 1 heterocycles. The monoisotopic (exact) mass is 289 g/mol. The Morgan fingerprint density at radius 2 is 1.90 bits per heavy atom. The molecule has 1 aromatic carbocycles. The Labute approximate surface area is 124 Å². The van der Waals surface area contributed by atoms with Crippen molar-refractivity contribution in [1.82, 2.24) is 10.2 Å². The van der Waals surface area contributed by atoms with Crippen molar-refractivity contribution < 1.29 is 9.13 Å². The van der Waals surface area contributed by atoms with Gasteiger partial charge in [-0.25, -0.2) is 4.39 Å². The zero-order chi connectivity index (χ0) is 15.4. The van der Waals surface area contributed by atoms with Gasteiger partial charge < -0.3 is 10.5 Å². The quantitative estimate of drug-likeness (QED) is 0.917. The fourth-order valence-electron chi connectivity index (χ4n) is 2.33. The van der Waals surface area contributed by atoms with E-state index >= 15 is 0 Å². The molecular weight excluding hydrogens is 269 g/mol. The number of halogens is 1. The Hall–Kier alpha value is -2.01. The van der Waals surface area contributed by atoms with Crippen LogP contribution in [0.5, 0.6) is 11.6 Å². The molecule has 0 aliphatic carbocycles. The second-order valence-corrected chi connectivity index (χ2v) is 4.81. The van der Waals surface area contributed by atoms with E-state index in [1.807, 2.05) is 13.8 Å². The molecule has 0 aliphatic heterocycles. The molecule has 0 amide bonds. The average molecular weight is 289 g/mol. The minimum Gasteiger partial charge on any atom is -0.434 e. The first-order chi connectivity index (χ1) is 10.1. The molecule has 0 radical (unpaired) electrons. The van der Waals surface area contributed by atoms with E-state index in [0.29, 0.717) is 5.56 Å². The molecule has 2 N–H and O–H groups in total. The van der Waals surface area contributed by atoms with Crippen LogP contribution < -0.4 is 10.5 Å². The summed E-state index contributed by atoms with van der Waals surface area (Å²) in [5.74, 6) is 0.0428. The molecular formula is C16H20FN3O. The molecule has 0 fully saturated rings. The minimum atomic E-state index is -0.389. The fraction of sp³-hybridized carbons (Fsp3) is 0.375. The van der Waals surface area contributed by atoms with Crippen LogP contribution in [-0.4, -0.2) is 10.2 Å². The van der Waals surface area contributed by atoms with E-state index in [2.05, 4.69) is 10.2 Å². The lowest BCUT2D eigenvalue weighted by atomic mass is 10.0. The van der Waals surface area contributed by atoms with Crippen LogP contribution in [-0.2, 0) is 19.4 Å². The second kappa shape index (κ2) is 6.63. The van der Waals surface area contributed by atoms with Crippen molar-refractivity contribution in [3.05, 3.63) is 46.4 Å². The highest BCUT2D eigenvalue weighted by Gasteiger charge is 2.16. The molecule has 0 unspecified atom stereocenters. The molecule has 4 nitrogen and oxygen atoms in total. The molecule has 2 rings (SSSR count). The molecule has 0 saturated carbocycles. The van der Waals surface area contributed by atoms with E-state index in [-0.39, 0.29) is 24.0 Å². The van der Waals surface area contributed by atoms with Gasteiger partial charge in [0.05, 0.1) is 5.69 Å². The maximum Gasteiger partial charge on any atom is 0.243 e. The SMILES string of the molecule is CCc1nnc(Oc2cccc(C)c2F)c(CN)c1CC. The third kappa shape index (κ3) is 3.03. The fourth-order valence-corrected chi connectivity index (χ4v) is 2.33. The summed E-state index contributed by atoms with van der Waals surface area (Å²) in [4.78, 5) is 0. The molecule has 2 aromatic rings. The molecule has 0 saturated heterocycles. The first-order valence-electron chi connectivity index (χ1n) is 7.12. The Morgan fingerprint density at radius 3 is 2.52 bits per heavy atom. The first-order valence-corrected chi connectivity index (χ1v) is 7.12. The molecule has 112 valence electrons. The van der Waals surface area contributed by atoms with Crippen molar-refractivity contribution in [3.63, 3.8) is 0 Å². The molecule has 0 spiro atoms. The Kier molecular flexibility index (Phi) is 4.85. The van der Waals surface area contributed by atoms with Crippen molar-refractivity contribution in [3.8, 4) is 11.6 Å². The van der Waals surface area contributed by atoms with E-state index in [1.165, 1.54) is 0 Å². The van der Waals surface area contributed by atoms with Crippen LogP contribution in [0.25, 0.3) is 0 Å². The smallest absolute Gasteiger partial charge is 0.243 e. The Balaban J connectivity index is 2.47. The van der Waals surface area contributed by atoms with Gasteiger partial charge in [-0.2, -0.15) is 5.10 Å². The van der Waals surface area contributed by atoms with E-state index in [4.69, 9.17) is 10.5 Å². The van der Waals surface area contributed by atoms with Crippen molar-refractivity contribution >= 4 is 0 Å². The Morgan fingerprint density at radius 1 is 1.14 bits per heavy atom. The number of hydrogen-bond acceptors (Lipinski definition) is 4. The Bertz CT molecular complexity index is 644. The van der Waals surface area contributed by atoms with Crippen LogP contribution in [0.4, 0.5) is 4.39 Å². The summed E-state index contributed by atoms with van der Waals surface area (Å²) in [6.45, 7) is 6.03. The summed E-state index contributed by atoms with van der Waals surface area (Å²) in [6, 6.07) is 5.00. The topological polar surface area (TPSA) is 61.0 Å². The van der Waals surface area contributed by atoms with Gasteiger partial charge in [0.1, 0.15) is 0 Å². The number of ether oxygens (including phenoxy) is 1. The van der Waals surface area contributed by atoms with Crippen molar-refractivity contribution in [2.45, 2.75) is 40.2 Å². The average Bonchev–Trinajstić information content (AvgIpc) is 2.51. The summed E-state index contributed by atoms with van der Waals surface area (Å²) in [7, 11) is 0. The van der Waals surface area contributed by atoms with Gasteiger partial charge >= 0.3 is 0 Å². The van der Waals surface area contributed by atoms with Crippen LogP contribution in [0, 0.1) is 12.7 Å². The van der Waals surface area contributed by atoms with Gasteiger partial charge in [0, 0.05) is 12.1 Å². The van der Waals surface area contributed by atoms with Crippen molar-refractivity contribution in [2.24, 2.45) is 5.73 Å². The maximum atomic E-state index is 14.0. The molecule has 1 aromatic heterocycles. The summed E-state index contributed by atoms with van der Waals surface area (Å²) in [5.41, 5.74) is 9.10. The molecule has 0 aliphatic rings. The van der Waals surface area contributed by atoms with Gasteiger partial charge in [0.2, 0.25) is 5.88 Å². The number of rotatable bonds is 5. The van der Waals surface area contributed by atoms with Gasteiger partial charge in [-0.05, 0) is 37.0 Å². The van der Waals surface area contributed by atoms with E-state index < -0.39 is 0 Å². The summed E-state index contributed by atoms with van der Waals surface area (Å²) in [6.07, 6.45) is 1.57. The molecule has 0 atom stereocenters. The second-order valence-electron chi connectivity index (χ2n) is 4.81. The lowest BCUT2D eigenvalue weighted by Crippen LogP contribution is -2.11. The van der Waals surface area contributed by atoms with Gasteiger partial charge in [-0.15, -0.1) is 5.10 Å². The molecule has 0 bridgehead atoms. The van der Waals surface area contributed by atoms with Crippen LogP contribution in [0.15, 0.2) is 18.2 Å². The van der Waals surface area contributed by atoms with Crippen LogP contribution in [0.1, 0.15) is 36.2 Å². The number of nitrogens with two attached hydrogens (primary N) is 1. The van der Waals surface area contributed by atoms with E-state index in [0.717, 1.165) is 29.7 Å². The van der Waals surface area contributed by atoms with Crippen LogP contribution in [0.3, 0.4) is 0 Å². The van der Waals surface area contributed by atoms with E-state index in [9.17, 15) is 4.39 Å². The number of aryl methyl sites for hydroxylation is 2. The third-order valence-corrected chi connectivity index (χ3v) is 3.49. The lowest BCUT2D eigenvalue weighted by molar-refractivity contribution is 0.413. The number of hydrogen-bond donors (Lipinski definition) is 1. The number of benzene rings is 1. The van der Waals surface area contributed by atoms with Crippen molar-refractivity contribution in [2.75, 3.05) is 0 Å². The normalized spacial score (nSPS) is 10.7. The van der Waals surface area contributed by atoms with Gasteiger partial charge in [-0.3, -0.25) is 0 Å². The van der Waals surface area contributed by atoms with Gasteiger partial charge in [0.15, 0.2) is 11.6 Å². The number of nitrogens with zero attached hydrogens (tertiary/aromatic N) is 2. The van der Waals surface area contributed by atoms with Crippen LogP contribution in [0.2, 0.25) is 0 Å². The standard InChI is InChI=1S/C16H20FN3O/c1-4-11-12(9-18)16(20-19-13(11)5-2)21-14-8-6-7-10(3)15(14)17/h6-8H,4-5,9,18H2,1-3H3. The van der Waals surface area contributed by atoms with E-state index in [1.54, 1.807) is 25.1 Å². The highest BCUT2D eigenvalue weighted by molar-refractivity contribution is 5.40. The minimum absolute atomic E-state index is 0.144.